The van der Waals surface area contributed by atoms with Crippen LogP contribution in [0.5, 0.6) is 5.75 Å². The predicted octanol–water partition coefficient (Wildman–Crippen LogP) is 5.43. The molecule has 1 heterocycles. The van der Waals surface area contributed by atoms with Gasteiger partial charge in [-0.3, -0.25) is 9.69 Å². The SMILES string of the molecule is CC[C@H](C)NC(=O)c1coc(CN(Cc2cccc(OC)c2)Cc2cccc(C(F)(F)F)c2)n1. The van der Waals surface area contributed by atoms with Gasteiger partial charge in [-0.15, -0.1) is 0 Å². The number of amides is 1. The number of rotatable bonds is 10. The Labute approximate surface area is 196 Å². The van der Waals surface area contributed by atoms with Crippen LogP contribution in [-0.4, -0.2) is 28.9 Å². The Balaban J connectivity index is 1.81. The van der Waals surface area contributed by atoms with Crippen molar-refractivity contribution in [2.45, 2.75) is 52.1 Å². The second-order valence-electron chi connectivity index (χ2n) is 8.10. The molecule has 0 saturated heterocycles. The van der Waals surface area contributed by atoms with Crippen LogP contribution in [0, 0.1) is 0 Å². The van der Waals surface area contributed by atoms with E-state index in [9.17, 15) is 18.0 Å². The summed E-state index contributed by atoms with van der Waals surface area (Å²) in [5, 5.41) is 2.83. The highest BCUT2D eigenvalue weighted by Gasteiger charge is 2.30. The Bertz CT molecular complexity index is 1100. The van der Waals surface area contributed by atoms with Gasteiger partial charge in [0.15, 0.2) is 5.69 Å². The molecule has 0 bridgehead atoms. The molecule has 0 aliphatic rings. The van der Waals surface area contributed by atoms with Crippen LogP contribution in [0.2, 0.25) is 0 Å². The van der Waals surface area contributed by atoms with Crippen molar-refractivity contribution in [3.05, 3.63) is 83.1 Å². The number of oxazole rings is 1. The molecule has 0 spiro atoms. The van der Waals surface area contributed by atoms with E-state index in [-0.39, 0.29) is 30.7 Å². The molecule has 0 aliphatic carbocycles. The minimum absolute atomic E-state index is 0.00174. The first-order valence-electron chi connectivity index (χ1n) is 10.9. The average molecular weight is 476 g/mol. The van der Waals surface area contributed by atoms with Crippen LogP contribution >= 0.6 is 0 Å². The molecule has 1 N–H and O–H groups in total. The molecule has 1 atom stereocenters. The summed E-state index contributed by atoms with van der Waals surface area (Å²) in [5.74, 6) is 0.641. The monoisotopic (exact) mass is 475 g/mol. The van der Waals surface area contributed by atoms with Crippen LogP contribution in [0.25, 0.3) is 0 Å². The van der Waals surface area contributed by atoms with Crippen LogP contribution < -0.4 is 10.1 Å². The summed E-state index contributed by atoms with van der Waals surface area (Å²) in [6, 6.07) is 12.7. The maximum atomic E-state index is 13.2. The fourth-order valence-electron chi connectivity index (χ4n) is 3.38. The lowest BCUT2D eigenvalue weighted by Gasteiger charge is -2.22. The van der Waals surface area contributed by atoms with Gasteiger partial charge in [0, 0.05) is 19.1 Å². The Kier molecular flexibility index (Phi) is 8.33. The fourth-order valence-corrected chi connectivity index (χ4v) is 3.38. The van der Waals surface area contributed by atoms with Crippen LogP contribution in [0.4, 0.5) is 13.2 Å². The van der Waals surface area contributed by atoms with E-state index in [1.54, 1.807) is 13.2 Å². The number of ether oxygens (including phenoxy) is 1. The topological polar surface area (TPSA) is 67.6 Å². The molecule has 34 heavy (non-hydrogen) atoms. The van der Waals surface area contributed by atoms with Crippen molar-refractivity contribution in [1.82, 2.24) is 15.2 Å². The number of carbonyl (C=O) groups excluding carboxylic acids is 1. The first-order valence-corrected chi connectivity index (χ1v) is 10.9. The smallest absolute Gasteiger partial charge is 0.416 e. The number of aromatic nitrogens is 1. The molecule has 182 valence electrons. The quantitative estimate of drug-likeness (QED) is 0.423. The molecule has 0 radical (unpaired) electrons. The van der Waals surface area contributed by atoms with Crippen molar-refractivity contribution in [3.8, 4) is 5.75 Å². The minimum Gasteiger partial charge on any atom is -0.497 e. The second kappa shape index (κ2) is 11.2. The molecule has 2 aromatic carbocycles. The third kappa shape index (κ3) is 7.08. The van der Waals surface area contributed by atoms with Crippen LogP contribution in [0.1, 0.15) is 53.3 Å². The van der Waals surface area contributed by atoms with Gasteiger partial charge in [-0.2, -0.15) is 13.2 Å². The largest absolute Gasteiger partial charge is 0.497 e. The van der Waals surface area contributed by atoms with Crippen molar-refractivity contribution < 1.29 is 27.1 Å². The fraction of sp³-hybridized carbons (Fsp3) is 0.360. The van der Waals surface area contributed by atoms with Crippen molar-refractivity contribution in [2.24, 2.45) is 0 Å². The lowest BCUT2D eigenvalue weighted by atomic mass is 10.1. The van der Waals surface area contributed by atoms with Gasteiger partial charge >= 0.3 is 6.18 Å². The molecule has 0 fully saturated rings. The maximum Gasteiger partial charge on any atom is 0.416 e. The van der Waals surface area contributed by atoms with Gasteiger partial charge < -0.3 is 14.5 Å². The van der Waals surface area contributed by atoms with E-state index in [0.717, 1.165) is 24.1 Å². The Morgan fingerprint density at radius 2 is 1.79 bits per heavy atom. The second-order valence-corrected chi connectivity index (χ2v) is 8.10. The van der Waals surface area contributed by atoms with Crippen molar-refractivity contribution in [1.29, 1.82) is 0 Å². The molecular weight excluding hydrogens is 447 g/mol. The number of alkyl halides is 3. The van der Waals surface area contributed by atoms with Gasteiger partial charge in [0.1, 0.15) is 12.0 Å². The molecule has 1 aromatic heterocycles. The number of methoxy groups -OCH3 is 1. The standard InChI is InChI=1S/C25H28F3N3O3/c1-4-17(2)29-24(32)22-16-34-23(30-22)15-31(14-19-8-6-10-21(12-19)33-3)13-18-7-5-9-20(11-18)25(26,27)28/h5-12,16-17H,4,13-15H2,1-3H3,(H,29,32)/t17-/m0/s1. The molecule has 1 amide bonds. The van der Waals surface area contributed by atoms with Crippen molar-refractivity contribution >= 4 is 5.91 Å². The van der Waals surface area contributed by atoms with Gasteiger partial charge in [-0.1, -0.05) is 37.3 Å². The van der Waals surface area contributed by atoms with E-state index in [0.29, 0.717) is 23.7 Å². The Hall–Kier alpha value is -3.33. The summed E-state index contributed by atoms with van der Waals surface area (Å²) >= 11 is 0. The normalized spacial score (nSPS) is 12.6. The predicted molar refractivity (Wildman–Crippen MR) is 121 cm³/mol. The molecule has 6 nitrogen and oxygen atoms in total. The number of carbonyl (C=O) groups is 1. The third-order valence-electron chi connectivity index (χ3n) is 5.33. The minimum atomic E-state index is -4.42. The molecule has 0 saturated carbocycles. The average Bonchev–Trinajstić information content (AvgIpc) is 3.27. The molecule has 3 aromatic rings. The van der Waals surface area contributed by atoms with E-state index in [1.165, 1.54) is 12.3 Å². The number of halogens is 3. The number of benzene rings is 2. The van der Waals surface area contributed by atoms with Gasteiger partial charge in [-0.05, 0) is 42.7 Å². The lowest BCUT2D eigenvalue weighted by Crippen LogP contribution is -2.32. The van der Waals surface area contributed by atoms with Gasteiger partial charge in [0.2, 0.25) is 5.89 Å². The van der Waals surface area contributed by atoms with Gasteiger partial charge in [0.05, 0.1) is 19.2 Å². The molecular formula is C25H28F3N3O3. The van der Waals surface area contributed by atoms with Gasteiger partial charge in [-0.25, -0.2) is 4.98 Å². The van der Waals surface area contributed by atoms with E-state index in [4.69, 9.17) is 9.15 Å². The molecule has 0 aliphatic heterocycles. The number of nitrogens with zero attached hydrogens (tertiary/aromatic N) is 2. The van der Waals surface area contributed by atoms with Crippen molar-refractivity contribution in [3.63, 3.8) is 0 Å². The van der Waals surface area contributed by atoms with Crippen LogP contribution in [-0.2, 0) is 25.8 Å². The third-order valence-corrected chi connectivity index (χ3v) is 5.33. The van der Waals surface area contributed by atoms with E-state index < -0.39 is 11.7 Å². The summed E-state index contributed by atoms with van der Waals surface area (Å²) in [4.78, 5) is 18.5. The van der Waals surface area contributed by atoms with E-state index in [2.05, 4.69) is 10.3 Å². The first-order chi connectivity index (χ1) is 16.2. The number of hydrogen-bond donors (Lipinski definition) is 1. The van der Waals surface area contributed by atoms with E-state index in [1.807, 2.05) is 43.0 Å². The van der Waals surface area contributed by atoms with Crippen molar-refractivity contribution in [2.75, 3.05) is 7.11 Å². The van der Waals surface area contributed by atoms with Gasteiger partial charge in [0.25, 0.3) is 5.91 Å². The van der Waals surface area contributed by atoms with Crippen LogP contribution in [0.15, 0.2) is 59.2 Å². The summed E-state index contributed by atoms with van der Waals surface area (Å²) in [6.45, 7) is 4.68. The zero-order valence-electron chi connectivity index (χ0n) is 19.4. The molecule has 0 unspecified atom stereocenters. The van der Waals surface area contributed by atoms with Crippen LogP contribution in [0.3, 0.4) is 0 Å². The highest BCUT2D eigenvalue weighted by Crippen LogP contribution is 2.30. The zero-order valence-corrected chi connectivity index (χ0v) is 19.4. The van der Waals surface area contributed by atoms with E-state index >= 15 is 0 Å². The number of nitrogens with one attached hydrogen (secondary N) is 1. The highest BCUT2D eigenvalue weighted by molar-refractivity contribution is 5.92. The Morgan fingerprint density at radius 1 is 1.12 bits per heavy atom. The first kappa shape index (κ1) is 25.3. The summed E-state index contributed by atoms with van der Waals surface area (Å²) in [7, 11) is 1.57. The Morgan fingerprint density at radius 3 is 2.44 bits per heavy atom. The molecule has 3 rings (SSSR count). The molecule has 9 heteroatoms. The lowest BCUT2D eigenvalue weighted by molar-refractivity contribution is -0.137. The number of hydrogen-bond acceptors (Lipinski definition) is 5. The summed E-state index contributed by atoms with van der Waals surface area (Å²) < 4.78 is 50.3. The maximum absolute atomic E-state index is 13.2. The zero-order chi connectivity index (χ0) is 24.7. The highest BCUT2D eigenvalue weighted by atomic mass is 19.4. The summed E-state index contributed by atoms with van der Waals surface area (Å²) in [5.41, 5.74) is 0.869. The summed E-state index contributed by atoms with van der Waals surface area (Å²) in [6.07, 6.45) is -2.35.